The van der Waals surface area contributed by atoms with Gasteiger partial charge in [-0.1, -0.05) is 61.4 Å². The third-order valence-corrected chi connectivity index (χ3v) is 6.84. The van der Waals surface area contributed by atoms with Gasteiger partial charge in [-0.15, -0.1) is 0 Å². The lowest BCUT2D eigenvalue weighted by atomic mass is 9.86. The van der Waals surface area contributed by atoms with Gasteiger partial charge < -0.3 is 20.5 Å². The highest BCUT2D eigenvalue weighted by molar-refractivity contribution is 5.81. The molecule has 2 aliphatic rings. The smallest absolute Gasteiger partial charge is 0.407 e. The quantitative estimate of drug-likeness (QED) is 0.562. The summed E-state index contributed by atoms with van der Waals surface area (Å²) in [5.41, 5.74) is 3.73. The molecule has 2 aromatic carbocycles. The number of alkyl carbamates (subject to hydrolysis) is 1. The van der Waals surface area contributed by atoms with Crippen molar-refractivity contribution in [2.24, 2.45) is 5.41 Å². The van der Waals surface area contributed by atoms with E-state index in [-0.39, 0.29) is 31.4 Å². The van der Waals surface area contributed by atoms with Gasteiger partial charge in [0, 0.05) is 24.9 Å². The Balaban J connectivity index is 1.26. The monoisotopic (exact) mass is 450 g/mol. The number of ether oxygens (including phenoxy) is 1. The van der Waals surface area contributed by atoms with Crippen molar-refractivity contribution >= 4 is 18.0 Å². The first kappa shape index (κ1) is 22.8. The maximum absolute atomic E-state index is 12.4. The first-order valence-corrected chi connectivity index (χ1v) is 11.5. The van der Waals surface area contributed by atoms with E-state index in [2.05, 4.69) is 34.9 Å². The van der Waals surface area contributed by atoms with E-state index in [0.717, 1.165) is 35.1 Å². The fraction of sp³-hybridized carbons (Fsp3) is 0.423. The molecule has 2 amide bonds. The molecule has 0 aromatic heterocycles. The maximum Gasteiger partial charge on any atom is 0.407 e. The number of aliphatic carboxylic acids is 1. The van der Waals surface area contributed by atoms with Crippen LogP contribution in [0.5, 0.6) is 0 Å². The number of rotatable bonds is 8. The maximum atomic E-state index is 12.4. The normalized spacial score (nSPS) is 17.0. The molecule has 7 nitrogen and oxygen atoms in total. The average Bonchev–Trinajstić information content (AvgIpc) is 3.40. The Kier molecular flexibility index (Phi) is 6.67. The minimum Gasteiger partial charge on any atom is -0.481 e. The Bertz CT molecular complexity index is 999. The minimum atomic E-state index is -0.862. The van der Waals surface area contributed by atoms with Gasteiger partial charge in [-0.3, -0.25) is 9.59 Å². The molecular weight excluding hydrogens is 420 g/mol. The van der Waals surface area contributed by atoms with Gasteiger partial charge in [-0.2, -0.15) is 0 Å². The van der Waals surface area contributed by atoms with Crippen molar-refractivity contribution in [3.8, 4) is 11.1 Å². The van der Waals surface area contributed by atoms with E-state index in [1.54, 1.807) is 6.92 Å². The van der Waals surface area contributed by atoms with E-state index >= 15 is 0 Å². The molecule has 0 radical (unpaired) electrons. The lowest BCUT2D eigenvalue weighted by Gasteiger charge is -2.24. The summed E-state index contributed by atoms with van der Waals surface area (Å²) in [6.07, 6.45) is 2.37. The predicted molar refractivity (Wildman–Crippen MR) is 124 cm³/mol. The van der Waals surface area contributed by atoms with E-state index in [9.17, 15) is 19.5 Å². The molecule has 174 valence electrons. The molecule has 1 unspecified atom stereocenters. The van der Waals surface area contributed by atoms with Crippen LogP contribution in [0.4, 0.5) is 4.79 Å². The Labute approximate surface area is 193 Å². The molecule has 4 rings (SSSR count). The zero-order chi connectivity index (χ0) is 23.4. The number of amides is 2. The van der Waals surface area contributed by atoms with Gasteiger partial charge in [0.2, 0.25) is 5.91 Å². The third kappa shape index (κ3) is 4.87. The van der Waals surface area contributed by atoms with Crippen LogP contribution in [0.3, 0.4) is 0 Å². The van der Waals surface area contributed by atoms with Crippen LogP contribution >= 0.6 is 0 Å². The SMILES string of the molecule is CC(CC(=O)NCC1(C(=O)O)CCCC1)NC(=O)OCC1c2ccccc2-c2ccccc21. The number of nitrogens with one attached hydrogen (secondary N) is 2. The van der Waals surface area contributed by atoms with Gasteiger partial charge in [-0.25, -0.2) is 4.79 Å². The summed E-state index contributed by atoms with van der Waals surface area (Å²) in [6.45, 7) is 2.06. The minimum absolute atomic E-state index is 0.0274. The van der Waals surface area contributed by atoms with Crippen LogP contribution in [-0.4, -0.2) is 42.3 Å². The van der Waals surface area contributed by atoms with Crippen LogP contribution in [0.25, 0.3) is 11.1 Å². The standard InChI is InChI=1S/C26H30N2O5/c1-17(14-23(29)27-16-26(24(30)31)12-6-7-13-26)28-25(32)33-15-22-20-10-4-2-8-18(20)19-9-3-5-11-21(19)22/h2-5,8-11,17,22H,6-7,12-16H2,1H3,(H,27,29)(H,28,32)(H,30,31). The van der Waals surface area contributed by atoms with Crippen molar-refractivity contribution in [2.75, 3.05) is 13.2 Å². The van der Waals surface area contributed by atoms with Gasteiger partial charge >= 0.3 is 12.1 Å². The van der Waals surface area contributed by atoms with Gasteiger partial charge in [0.15, 0.2) is 0 Å². The highest BCUT2D eigenvalue weighted by Crippen LogP contribution is 2.44. The molecule has 1 atom stereocenters. The average molecular weight is 451 g/mol. The highest BCUT2D eigenvalue weighted by atomic mass is 16.5. The zero-order valence-electron chi connectivity index (χ0n) is 18.8. The number of hydrogen-bond acceptors (Lipinski definition) is 4. The van der Waals surface area contributed by atoms with E-state index < -0.39 is 23.5 Å². The molecule has 0 bridgehead atoms. The second-order valence-electron chi connectivity index (χ2n) is 9.14. The molecule has 3 N–H and O–H groups in total. The lowest BCUT2D eigenvalue weighted by Crippen LogP contribution is -2.43. The second-order valence-corrected chi connectivity index (χ2v) is 9.14. The fourth-order valence-corrected chi connectivity index (χ4v) is 5.03. The number of fused-ring (bicyclic) bond motifs is 3. The molecule has 33 heavy (non-hydrogen) atoms. The number of benzene rings is 2. The summed E-state index contributed by atoms with van der Waals surface area (Å²) in [5.74, 6) is -1.17. The molecule has 0 heterocycles. The first-order chi connectivity index (χ1) is 15.9. The molecule has 0 saturated heterocycles. The Morgan fingerprint density at radius 3 is 2.18 bits per heavy atom. The van der Waals surface area contributed by atoms with Gasteiger partial charge in [0.1, 0.15) is 6.61 Å². The Morgan fingerprint density at radius 1 is 1.03 bits per heavy atom. The molecule has 7 heteroatoms. The lowest BCUT2D eigenvalue weighted by molar-refractivity contribution is -0.148. The number of carboxylic acids is 1. The van der Waals surface area contributed by atoms with Crippen molar-refractivity contribution in [3.05, 3.63) is 59.7 Å². The van der Waals surface area contributed by atoms with E-state index in [1.807, 2.05) is 24.3 Å². The summed E-state index contributed by atoms with van der Waals surface area (Å²) >= 11 is 0. The number of carbonyl (C=O) groups is 3. The van der Waals surface area contributed by atoms with Crippen molar-refractivity contribution in [1.29, 1.82) is 0 Å². The molecular formula is C26H30N2O5. The number of carbonyl (C=O) groups excluding carboxylic acids is 2. The third-order valence-electron chi connectivity index (χ3n) is 6.84. The summed E-state index contributed by atoms with van der Waals surface area (Å²) in [5, 5.41) is 15.0. The first-order valence-electron chi connectivity index (χ1n) is 11.5. The van der Waals surface area contributed by atoms with Crippen LogP contribution < -0.4 is 10.6 Å². The number of carboxylic acid groups (broad SMARTS) is 1. The Hall–Kier alpha value is -3.35. The summed E-state index contributed by atoms with van der Waals surface area (Å²) in [6, 6.07) is 15.8. The van der Waals surface area contributed by atoms with E-state index in [1.165, 1.54) is 0 Å². The van der Waals surface area contributed by atoms with E-state index in [0.29, 0.717) is 12.8 Å². The summed E-state index contributed by atoms with van der Waals surface area (Å²) in [7, 11) is 0. The largest absolute Gasteiger partial charge is 0.481 e. The van der Waals surface area contributed by atoms with Crippen molar-refractivity contribution < 1.29 is 24.2 Å². The van der Waals surface area contributed by atoms with Crippen LogP contribution in [0.1, 0.15) is 56.1 Å². The highest BCUT2D eigenvalue weighted by Gasteiger charge is 2.41. The van der Waals surface area contributed by atoms with Crippen molar-refractivity contribution in [2.45, 2.75) is 51.0 Å². The molecule has 2 aliphatic carbocycles. The molecule has 0 spiro atoms. The van der Waals surface area contributed by atoms with Crippen LogP contribution in [-0.2, 0) is 14.3 Å². The van der Waals surface area contributed by atoms with Crippen LogP contribution in [0.15, 0.2) is 48.5 Å². The molecule has 2 aromatic rings. The second kappa shape index (κ2) is 9.65. The fourth-order valence-electron chi connectivity index (χ4n) is 5.03. The summed E-state index contributed by atoms with van der Waals surface area (Å²) < 4.78 is 5.52. The van der Waals surface area contributed by atoms with Crippen molar-refractivity contribution in [3.63, 3.8) is 0 Å². The topological polar surface area (TPSA) is 105 Å². The van der Waals surface area contributed by atoms with Crippen LogP contribution in [0, 0.1) is 5.41 Å². The van der Waals surface area contributed by atoms with E-state index in [4.69, 9.17) is 4.74 Å². The van der Waals surface area contributed by atoms with Gasteiger partial charge in [-0.05, 0) is 42.0 Å². The van der Waals surface area contributed by atoms with Crippen LogP contribution in [0.2, 0.25) is 0 Å². The van der Waals surface area contributed by atoms with Crippen molar-refractivity contribution in [1.82, 2.24) is 10.6 Å². The van der Waals surface area contributed by atoms with Gasteiger partial charge in [0.25, 0.3) is 0 Å². The zero-order valence-corrected chi connectivity index (χ0v) is 18.8. The molecule has 1 fully saturated rings. The molecule has 0 aliphatic heterocycles. The predicted octanol–water partition coefficient (Wildman–Crippen LogP) is 4.06. The Morgan fingerprint density at radius 2 is 1.61 bits per heavy atom. The van der Waals surface area contributed by atoms with Gasteiger partial charge in [0.05, 0.1) is 5.41 Å². The summed E-state index contributed by atoms with van der Waals surface area (Å²) in [4.78, 5) is 36.3. The number of hydrogen-bond donors (Lipinski definition) is 3. The molecule has 1 saturated carbocycles.